The van der Waals surface area contributed by atoms with E-state index in [9.17, 15) is 13.6 Å². The summed E-state index contributed by atoms with van der Waals surface area (Å²) in [5, 5.41) is 2.84. The molecule has 1 fully saturated rings. The summed E-state index contributed by atoms with van der Waals surface area (Å²) < 4.78 is 32.1. The first-order chi connectivity index (χ1) is 12.0. The van der Waals surface area contributed by atoms with E-state index in [0.29, 0.717) is 25.3 Å². The smallest absolute Gasteiger partial charge is 0.317 e. The number of hydrogen-bond acceptors (Lipinski definition) is 3. The molecular weight excluding hydrogens is 328 g/mol. The molecule has 2 aromatic rings. The number of nitrogens with zero attached hydrogens (tertiary/aromatic N) is 2. The molecule has 0 saturated carbocycles. The number of amides is 2. The Morgan fingerprint density at radius 3 is 2.88 bits per heavy atom. The van der Waals surface area contributed by atoms with Crippen LogP contribution in [0.25, 0.3) is 0 Å². The molecule has 2 heterocycles. The first-order valence-corrected chi connectivity index (χ1v) is 8.04. The molecule has 7 heteroatoms. The van der Waals surface area contributed by atoms with E-state index in [1.54, 1.807) is 11.1 Å². The highest BCUT2D eigenvalue weighted by molar-refractivity contribution is 5.74. The van der Waals surface area contributed by atoms with Crippen molar-refractivity contribution in [2.45, 2.75) is 19.6 Å². The molecule has 1 aromatic heterocycles. The van der Waals surface area contributed by atoms with Gasteiger partial charge in [-0.1, -0.05) is 12.1 Å². The Balaban J connectivity index is 1.59. The van der Waals surface area contributed by atoms with E-state index >= 15 is 0 Å². The van der Waals surface area contributed by atoms with Gasteiger partial charge in [0.05, 0.1) is 13.2 Å². The molecule has 2 amide bonds. The second-order valence-electron chi connectivity index (χ2n) is 5.95. The largest absolute Gasteiger partial charge is 0.370 e. The average molecular weight is 347 g/mol. The topological polar surface area (TPSA) is 54.5 Å². The van der Waals surface area contributed by atoms with E-state index < -0.39 is 17.7 Å². The molecule has 25 heavy (non-hydrogen) atoms. The zero-order chi connectivity index (χ0) is 17.8. The number of aromatic nitrogens is 1. The van der Waals surface area contributed by atoms with Gasteiger partial charge in [-0.3, -0.25) is 4.98 Å². The highest BCUT2D eigenvalue weighted by atomic mass is 19.2. The van der Waals surface area contributed by atoms with Crippen molar-refractivity contribution in [2.75, 3.05) is 19.7 Å². The molecule has 1 aromatic carbocycles. The lowest BCUT2D eigenvalue weighted by Gasteiger charge is -2.33. The Kier molecular flexibility index (Phi) is 5.23. The molecule has 1 saturated heterocycles. The van der Waals surface area contributed by atoms with Crippen LogP contribution in [0.15, 0.2) is 36.5 Å². The van der Waals surface area contributed by atoms with Crippen molar-refractivity contribution in [3.63, 3.8) is 0 Å². The van der Waals surface area contributed by atoms with Crippen LogP contribution in [0.4, 0.5) is 13.6 Å². The normalized spacial score (nSPS) is 17.4. The van der Waals surface area contributed by atoms with Gasteiger partial charge in [-0.25, -0.2) is 13.6 Å². The summed E-state index contributed by atoms with van der Waals surface area (Å²) in [7, 11) is 0. The fourth-order valence-corrected chi connectivity index (χ4v) is 2.64. The van der Waals surface area contributed by atoms with Gasteiger partial charge in [-0.15, -0.1) is 0 Å². The van der Waals surface area contributed by atoms with Crippen LogP contribution in [0.5, 0.6) is 0 Å². The maximum atomic E-state index is 13.4. The lowest BCUT2D eigenvalue weighted by atomic mass is 10.1. The Bertz CT molecular complexity index is 752. The number of morpholine rings is 1. The maximum Gasteiger partial charge on any atom is 0.317 e. The van der Waals surface area contributed by atoms with Gasteiger partial charge in [0.25, 0.3) is 0 Å². The zero-order valence-electron chi connectivity index (χ0n) is 13.8. The number of halogens is 2. The van der Waals surface area contributed by atoms with E-state index in [2.05, 4.69) is 10.3 Å². The third-order valence-electron chi connectivity index (χ3n) is 4.09. The first kappa shape index (κ1) is 17.3. The number of pyridine rings is 1. The van der Waals surface area contributed by atoms with Crippen LogP contribution in [-0.2, 0) is 11.3 Å². The molecule has 0 aliphatic carbocycles. The van der Waals surface area contributed by atoms with Crippen molar-refractivity contribution in [1.29, 1.82) is 0 Å². The molecule has 0 unspecified atom stereocenters. The number of urea groups is 1. The highest BCUT2D eigenvalue weighted by Gasteiger charge is 2.26. The van der Waals surface area contributed by atoms with Gasteiger partial charge in [-0.05, 0) is 36.2 Å². The predicted molar refractivity (Wildman–Crippen MR) is 87.8 cm³/mol. The second kappa shape index (κ2) is 7.57. The van der Waals surface area contributed by atoms with Crippen molar-refractivity contribution in [3.05, 3.63) is 65.0 Å². The van der Waals surface area contributed by atoms with Gasteiger partial charge >= 0.3 is 6.03 Å². The number of benzene rings is 1. The fourth-order valence-electron chi connectivity index (χ4n) is 2.64. The van der Waals surface area contributed by atoms with E-state index in [1.807, 2.05) is 19.1 Å². The van der Waals surface area contributed by atoms with Crippen molar-refractivity contribution >= 4 is 6.03 Å². The highest BCUT2D eigenvalue weighted by Crippen LogP contribution is 2.23. The SMILES string of the molecule is Cc1ccc(CNC(=O)N2CCO[C@@H](c3ccc(F)c(F)c3)C2)cn1. The van der Waals surface area contributed by atoms with Crippen molar-refractivity contribution in [3.8, 4) is 0 Å². The fraction of sp³-hybridized carbons (Fsp3) is 0.333. The molecule has 5 nitrogen and oxygen atoms in total. The van der Waals surface area contributed by atoms with Gasteiger partial charge in [0.1, 0.15) is 6.10 Å². The standard InChI is InChI=1S/C18H19F2N3O2/c1-12-2-3-13(9-21-12)10-22-18(24)23-6-7-25-17(11-23)14-4-5-15(19)16(20)8-14/h2-5,8-9,17H,6-7,10-11H2,1H3,(H,22,24)/t17-/m1/s1. The predicted octanol–water partition coefficient (Wildman–Crippen LogP) is 2.95. The van der Waals surface area contributed by atoms with E-state index in [-0.39, 0.29) is 12.6 Å². The van der Waals surface area contributed by atoms with Crippen molar-refractivity contribution in [2.24, 2.45) is 0 Å². The number of rotatable bonds is 3. The van der Waals surface area contributed by atoms with Gasteiger partial charge in [0.15, 0.2) is 11.6 Å². The lowest BCUT2D eigenvalue weighted by molar-refractivity contribution is -0.0156. The summed E-state index contributed by atoms with van der Waals surface area (Å²) in [5.41, 5.74) is 2.33. The number of aryl methyl sites for hydroxylation is 1. The third-order valence-corrected chi connectivity index (χ3v) is 4.09. The number of carbonyl (C=O) groups is 1. The van der Waals surface area contributed by atoms with E-state index in [1.165, 1.54) is 6.07 Å². The number of hydrogen-bond donors (Lipinski definition) is 1. The average Bonchev–Trinajstić information content (AvgIpc) is 2.63. The Labute approximate surface area is 144 Å². The summed E-state index contributed by atoms with van der Waals surface area (Å²) in [5.74, 6) is -1.82. The molecule has 0 radical (unpaired) electrons. The van der Waals surface area contributed by atoms with Gasteiger partial charge < -0.3 is 15.0 Å². The molecule has 0 bridgehead atoms. The van der Waals surface area contributed by atoms with Crippen LogP contribution >= 0.6 is 0 Å². The molecule has 0 spiro atoms. The molecule has 3 rings (SSSR count). The Morgan fingerprint density at radius 1 is 1.32 bits per heavy atom. The number of ether oxygens (including phenoxy) is 1. The first-order valence-electron chi connectivity index (χ1n) is 8.04. The number of carbonyl (C=O) groups excluding carboxylic acids is 1. The summed E-state index contributed by atoms with van der Waals surface area (Å²) >= 11 is 0. The summed E-state index contributed by atoms with van der Waals surface area (Å²) in [4.78, 5) is 18.1. The minimum atomic E-state index is -0.922. The minimum absolute atomic E-state index is 0.226. The molecule has 1 aliphatic rings. The number of nitrogens with one attached hydrogen (secondary N) is 1. The zero-order valence-corrected chi connectivity index (χ0v) is 13.8. The van der Waals surface area contributed by atoms with Gasteiger partial charge in [0, 0.05) is 25.0 Å². The molecule has 132 valence electrons. The van der Waals surface area contributed by atoms with E-state index in [0.717, 1.165) is 23.4 Å². The van der Waals surface area contributed by atoms with Crippen LogP contribution in [-0.4, -0.2) is 35.6 Å². The molecule has 1 atom stereocenters. The van der Waals surface area contributed by atoms with Gasteiger partial charge in [-0.2, -0.15) is 0 Å². The van der Waals surface area contributed by atoms with Crippen LogP contribution in [0.2, 0.25) is 0 Å². The maximum absolute atomic E-state index is 13.4. The lowest BCUT2D eigenvalue weighted by Crippen LogP contribution is -2.47. The van der Waals surface area contributed by atoms with E-state index in [4.69, 9.17) is 4.74 Å². The van der Waals surface area contributed by atoms with Crippen LogP contribution < -0.4 is 5.32 Å². The summed E-state index contributed by atoms with van der Waals surface area (Å²) in [6.07, 6.45) is 1.24. The molecule has 1 N–H and O–H groups in total. The monoisotopic (exact) mass is 347 g/mol. The third kappa shape index (κ3) is 4.30. The van der Waals surface area contributed by atoms with Crippen LogP contribution in [0.1, 0.15) is 22.9 Å². The summed E-state index contributed by atoms with van der Waals surface area (Å²) in [6.45, 7) is 3.33. The van der Waals surface area contributed by atoms with Gasteiger partial charge in [0.2, 0.25) is 0 Å². The second-order valence-corrected chi connectivity index (χ2v) is 5.95. The Morgan fingerprint density at radius 2 is 2.16 bits per heavy atom. The van der Waals surface area contributed by atoms with Crippen LogP contribution in [0, 0.1) is 18.6 Å². The van der Waals surface area contributed by atoms with Crippen LogP contribution in [0.3, 0.4) is 0 Å². The quantitative estimate of drug-likeness (QED) is 0.929. The minimum Gasteiger partial charge on any atom is -0.370 e. The molecular formula is C18H19F2N3O2. The summed E-state index contributed by atoms with van der Waals surface area (Å²) in [6, 6.07) is 7.22. The molecule has 1 aliphatic heterocycles. The van der Waals surface area contributed by atoms with Crippen molar-refractivity contribution < 1.29 is 18.3 Å². The van der Waals surface area contributed by atoms with Crippen molar-refractivity contribution in [1.82, 2.24) is 15.2 Å². The Hall–Kier alpha value is -2.54.